The van der Waals surface area contributed by atoms with Crippen LogP contribution in [0.4, 0.5) is 14.9 Å². The van der Waals surface area contributed by atoms with Crippen molar-refractivity contribution in [2.45, 2.75) is 19.0 Å². The van der Waals surface area contributed by atoms with Crippen LogP contribution in [0.5, 0.6) is 0 Å². The molecule has 0 spiro atoms. The van der Waals surface area contributed by atoms with Gasteiger partial charge in [-0.15, -0.1) is 0 Å². The summed E-state index contributed by atoms with van der Waals surface area (Å²) in [6.07, 6.45) is 0. The van der Waals surface area contributed by atoms with E-state index in [-0.39, 0.29) is 12.2 Å². The zero-order valence-electron chi connectivity index (χ0n) is 13.2. The third kappa shape index (κ3) is 2.93. The van der Waals surface area contributed by atoms with Gasteiger partial charge in [-0.05, 0) is 42.3 Å². The molecule has 1 atom stereocenters. The van der Waals surface area contributed by atoms with Crippen LogP contribution < -0.4 is 5.32 Å². The van der Waals surface area contributed by atoms with Crippen molar-refractivity contribution >= 4 is 17.6 Å². The van der Waals surface area contributed by atoms with Crippen molar-refractivity contribution in [2.75, 3.05) is 0 Å². The van der Waals surface area contributed by atoms with Crippen LogP contribution in [-0.4, -0.2) is 21.8 Å². The van der Waals surface area contributed by atoms with E-state index in [2.05, 4.69) is 5.32 Å². The van der Waals surface area contributed by atoms with Gasteiger partial charge in [-0.1, -0.05) is 12.1 Å². The number of imide groups is 1. The summed E-state index contributed by atoms with van der Waals surface area (Å²) < 4.78 is 13.0. The molecule has 0 aliphatic carbocycles. The van der Waals surface area contributed by atoms with Crippen molar-refractivity contribution in [3.63, 3.8) is 0 Å². The fourth-order valence-corrected chi connectivity index (χ4v) is 2.73. The molecule has 1 unspecified atom stereocenters. The molecule has 0 aromatic heterocycles. The van der Waals surface area contributed by atoms with Crippen LogP contribution in [0.1, 0.15) is 18.1 Å². The molecule has 0 radical (unpaired) electrons. The monoisotopic (exact) mass is 343 g/mol. The first-order valence-corrected chi connectivity index (χ1v) is 7.45. The summed E-state index contributed by atoms with van der Waals surface area (Å²) in [4.78, 5) is 36.2. The number of amides is 3. The van der Waals surface area contributed by atoms with E-state index in [0.29, 0.717) is 11.1 Å². The Morgan fingerprint density at radius 2 is 1.72 bits per heavy atom. The Hall–Kier alpha value is -3.29. The van der Waals surface area contributed by atoms with Crippen LogP contribution in [0.25, 0.3) is 0 Å². The minimum Gasteiger partial charge on any atom is -0.319 e. The molecule has 1 N–H and O–H groups in total. The molecule has 2 aromatic rings. The largest absolute Gasteiger partial charge is 0.325 e. The van der Waals surface area contributed by atoms with Crippen LogP contribution in [0.2, 0.25) is 0 Å². The number of urea groups is 1. The highest BCUT2D eigenvalue weighted by atomic mass is 19.1. The van der Waals surface area contributed by atoms with Crippen molar-refractivity contribution in [1.29, 1.82) is 0 Å². The predicted molar refractivity (Wildman–Crippen MR) is 85.9 cm³/mol. The molecule has 3 rings (SSSR count). The normalized spacial score (nSPS) is 19.8. The first-order valence-electron chi connectivity index (χ1n) is 7.45. The van der Waals surface area contributed by atoms with Gasteiger partial charge >= 0.3 is 6.03 Å². The maximum absolute atomic E-state index is 13.0. The molecule has 128 valence electrons. The molecule has 3 amide bonds. The van der Waals surface area contributed by atoms with Gasteiger partial charge < -0.3 is 5.32 Å². The quantitative estimate of drug-likeness (QED) is 0.525. The first kappa shape index (κ1) is 16.6. The number of hydrogen-bond acceptors (Lipinski definition) is 4. The van der Waals surface area contributed by atoms with E-state index in [1.54, 1.807) is 6.92 Å². The average molecular weight is 343 g/mol. The topological polar surface area (TPSA) is 92.6 Å². The Balaban J connectivity index is 1.86. The first-order chi connectivity index (χ1) is 11.8. The zero-order valence-corrected chi connectivity index (χ0v) is 13.2. The highest BCUT2D eigenvalue weighted by Crippen LogP contribution is 2.30. The van der Waals surface area contributed by atoms with Gasteiger partial charge in [0.2, 0.25) is 0 Å². The molecule has 0 saturated carbocycles. The number of nitrogens with one attached hydrogen (secondary N) is 1. The Labute approximate surface area is 142 Å². The molecular weight excluding hydrogens is 329 g/mol. The van der Waals surface area contributed by atoms with Gasteiger partial charge in [0.15, 0.2) is 0 Å². The van der Waals surface area contributed by atoms with Crippen molar-refractivity contribution in [2.24, 2.45) is 0 Å². The number of nitro groups is 1. The van der Waals surface area contributed by atoms with E-state index in [9.17, 15) is 24.1 Å². The van der Waals surface area contributed by atoms with Crippen molar-refractivity contribution in [1.82, 2.24) is 10.2 Å². The molecule has 8 heteroatoms. The van der Waals surface area contributed by atoms with E-state index < -0.39 is 28.2 Å². The molecular formula is C17H14FN3O4. The van der Waals surface area contributed by atoms with Gasteiger partial charge in [-0.3, -0.25) is 19.8 Å². The smallest absolute Gasteiger partial charge is 0.319 e. The molecule has 0 bridgehead atoms. The van der Waals surface area contributed by atoms with Crippen LogP contribution in [0, 0.1) is 15.9 Å². The number of hydrogen-bond donors (Lipinski definition) is 1. The number of carbonyl (C=O) groups is 2. The lowest BCUT2D eigenvalue weighted by atomic mass is 9.92. The third-order valence-corrected chi connectivity index (χ3v) is 4.18. The Bertz CT molecular complexity index is 851. The lowest BCUT2D eigenvalue weighted by molar-refractivity contribution is -0.384. The van der Waals surface area contributed by atoms with Gasteiger partial charge in [0.25, 0.3) is 11.6 Å². The van der Waals surface area contributed by atoms with E-state index in [1.807, 2.05) is 0 Å². The second-order valence-corrected chi connectivity index (χ2v) is 5.88. The lowest BCUT2D eigenvalue weighted by Gasteiger charge is -2.22. The third-order valence-electron chi connectivity index (χ3n) is 4.18. The van der Waals surface area contributed by atoms with E-state index in [1.165, 1.54) is 48.5 Å². The Morgan fingerprint density at radius 1 is 1.12 bits per heavy atom. The highest BCUT2D eigenvalue weighted by Gasteiger charge is 2.48. The van der Waals surface area contributed by atoms with E-state index in [0.717, 1.165) is 4.90 Å². The van der Waals surface area contributed by atoms with Crippen LogP contribution in [0.15, 0.2) is 48.5 Å². The van der Waals surface area contributed by atoms with Crippen LogP contribution >= 0.6 is 0 Å². The molecule has 1 aliphatic rings. The molecule has 1 aliphatic heterocycles. The van der Waals surface area contributed by atoms with Gasteiger partial charge in [-0.2, -0.15) is 0 Å². The highest BCUT2D eigenvalue weighted by molar-refractivity contribution is 6.07. The second-order valence-electron chi connectivity index (χ2n) is 5.88. The number of benzene rings is 2. The molecule has 1 fully saturated rings. The van der Waals surface area contributed by atoms with Crippen molar-refractivity contribution in [3.8, 4) is 0 Å². The summed E-state index contributed by atoms with van der Waals surface area (Å²) >= 11 is 0. The van der Waals surface area contributed by atoms with E-state index >= 15 is 0 Å². The maximum Gasteiger partial charge on any atom is 0.325 e. The van der Waals surface area contributed by atoms with Crippen molar-refractivity contribution < 1.29 is 18.9 Å². The van der Waals surface area contributed by atoms with Crippen LogP contribution in [0.3, 0.4) is 0 Å². The van der Waals surface area contributed by atoms with Gasteiger partial charge in [0.05, 0.1) is 11.5 Å². The predicted octanol–water partition coefficient (Wildman–Crippen LogP) is 2.70. The average Bonchev–Trinajstić information content (AvgIpc) is 2.81. The second kappa shape index (κ2) is 5.97. The number of rotatable bonds is 4. The summed E-state index contributed by atoms with van der Waals surface area (Å²) in [5.41, 5.74) is -0.366. The summed E-state index contributed by atoms with van der Waals surface area (Å²) in [5, 5.41) is 13.4. The zero-order chi connectivity index (χ0) is 18.2. The molecule has 2 aromatic carbocycles. The molecule has 1 saturated heterocycles. The fourth-order valence-electron chi connectivity index (χ4n) is 2.73. The Morgan fingerprint density at radius 3 is 2.28 bits per heavy atom. The SMILES string of the molecule is CC1(c2ccc([N+](=O)[O-])cc2)NC(=O)N(Cc2ccc(F)cc2)C1=O. The summed E-state index contributed by atoms with van der Waals surface area (Å²) in [6.45, 7) is 1.55. The van der Waals surface area contributed by atoms with Crippen molar-refractivity contribution in [3.05, 3.63) is 75.6 Å². The van der Waals surface area contributed by atoms with Gasteiger partial charge in [0.1, 0.15) is 11.4 Å². The minimum atomic E-state index is -1.31. The number of non-ortho nitro benzene ring substituents is 1. The summed E-state index contributed by atoms with van der Waals surface area (Å²) in [7, 11) is 0. The number of nitrogens with zero attached hydrogens (tertiary/aromatic N) is 2. The van der Waals surface area contributed by atoms with E-state index in [4.69, 9.17) is 0 Å². The van der Waals surface area contributed by atoms with Gasteiger partial charge in [0, 0.05) is 12.1 Å². The number of carbonyl (C=O) groups excluding carboxylic acids is 2. The molecule has 25 heavy (non-hydrogen) atoms. The molecule has 1 heterocycles. The Kier molecular flexibility index (Phi) is 3.96. The standard InChI is InChI=1S/C17H14FN3O4/c1-17(12-4-8-14(9-5-12)21(24)25)15(22)20(16(23)19-17)10-11-2-6-13(18)7-3-11/h2-9H,10H2,1H3,(H,19,23). The lowest BCUT2D eigenvalue weighted by Crippen LogP contribution is -2.40. The summed E-state index contributed by atoms with van der Waals surface area (Å²) in [5.74, 6) is -0.882. The minimum absolute atomic E-state index is 0.00746. The fraction of sp³-hybridized carbons (Fsp3) is 0.176. The molecule has 7 nitrogen and oxygen atoms in total. The maximum atomic E-state index is 13.0. The number of nitro benzene ring substituents is 1. The van der Waals surface area contributed by atoms with Crippen LogP contribution in [-0.2, 0) is 16.9 Å². The summed E-state index contributed by atoms with van der Waals surface area (Å²) in [6, 6.07) is 10.4. The number of halogens is 1. The van der Waals surface area contributed by atoms with Gasteiger partial charge in [-0.25, -0.2) is 9.18 Å².